The van der Waals surface area contributed by atoms with Crippen molar-refractivity contribution in [3.05, 3.63) is 64.9 Å². The Bertz CT molecular complexity index is 1200. The van der Waals surface area contributed by atoms with Crippen LogP contribution in [-0.2, 0) is 9.59 Å². The van der Waals surface area contributed by atoms with Crippen LogP contribution < -0.4 is 5.32 Å². The van der Waals surface area contributed by atoms with Gasteiger partial charge in [0.15, 0.2) is 11.6 Å². The van der Waals surface area contributed by atoms with Gasteiger partial charge in [0.2, 0.25) is 5.91 Å². The first-order chi connectivity index (χ1) is 14.6. The van der Waals surface area contributed by atoms with Gasteiger partial charge in [-0.3, -0.25) is 19.0 Å². The molecule has 31 heavy (non-hydrogen) atoms. The third kappa shape index (κ3) is 4.11. The van der Waals surface area contributed by atoms with E-state index in [4.69, 9.17) is 5.11 Å². The summed E-state index contributed by atoms with van der Waals surface area (Å²) in [5, 5.41) is 21.0. The van der Waals surface area contributed by atoms with Crippen molar-refractivity contribution >= 4 is 28.7 Å². The first-order valence-electron chi connectivity index (χ1n) is 9.45. The third-order valence-corrected chi connectivity index (χ3v) is 5.07. The molecule has 3 rings (SSSR count). The molecule has 3 aromatic rings. The van der Waals surface area contributed by atoms with Crippen molar-refractivity contribution in [3.8, 4) is 5.75 Å². The second kappa shape index (κ2) is 8.55. The van der Waals surface area contributed by atoms with E-state index in [9.17, 15) is 28.3 Å². The summed E-state index contributed by atoms with van der Waals surface area (Å²) in [6.07, 6.45) is -0.285. The van der Waals surface area contributed by atoms with Crippen molar-refractivity contribution in [1.82, 2.24) is 9.88 Å². The Morgan fingerprint density at radius 1 is 1.16 bits per heavy atom. The zero-order valence-electron chi connectivity index (χ0n) is 16.8. The topological polar surface area (TPSA) is 109 Å². The number of carboxylic acids is 1. The van der Waals surface area contributed by atoms with Crippen LogP contribution in [0.1, 0.15) is 40.9 Å². The molecule has 0 bridgehead atoms. The lowest BCUT2D eigenvalue weighted by molar-refractivity contribution is -0.136. The van der Waals surface area contributed by atoms with Crippen molar-refractivity contribution in [1.29, 1.82) is 0 Å². The lowest BCUT2D eigenvalue weighted by Crippen LogP contribution is -2.30. The Hall–Kier alpha value is -3.75. The van der Waals surface area contributed by atoms with Crippen molar-refractivity contribution in [2.45, 2.75) is 26.2 Å². The Morgan fingerprint density at radius 3 is 2.52 bits per heavy atom. The first kappa shape index (κ1) is 21.9. The molecule has 1 aromatic heterocycles. The minimum Gasteiger partial charge on any atom is -0.505 e. The number of aromatic nitrogens is 1. The highest BCUT2D eigenvalue weighted by molar-refractivity contribution is 6.05. The number of rotatable bonds is 6. The van der Waals surface area contributed by atoms with Crippen LogP contribution in [0.25, 0.3) is 10.9 Å². The van der Waals surface area contributed by atoms with Gasteiger partial charge >= 0.3 is 5.97 Å². The van der Waals surface area contributed by atoms with E-state index in [2.05, 4.69) is 5.32 Å². The van der Waals surface area contributed by atoms with E-state index < -0.39 is 41.1 Å². The molecule has 2 aromatic carbocycles. The van der Waals surface area contributed by atoms with Gasteiger partial charge in [-0.05, 0) is 49.7 Å². The van der Waals surface area contributed by atoms with Crippen LogP contribution in [0.5, 0.6) is 5.75 Å². The fourth-order valence-corrected chi connectivity index (χ4v) is 3.60. The molecular formula is C22H20F2N2O5. The molecular weight excluding hydrogens is 410 g/mol. The van der Waals surface area contributed by atoms with Crippen LogP contribution >= 0.6 is 0 Å². The molecule has 0 spiro atoms. The smallest absolute Gasteiger partial charge is 0.305 e. The third-order valence-electron chi connectivity index (χ3n) is 5.07. The number of phenols is 1. The fraction of sp³-hybridized carbons (Fsp3) is 0.227. The number of hydrogen-bond acceptors (Lipinski definition) is 4. The number of fused-ring (bicyclic) bond motifs is 1. The van der Waals surface area contributed by atoms with Gasteiger partial charge in [0, 0.05) is 23.2 Å². The summed E-state index contributed by atoms with van der Waals surface area (Å²) in [5.74, 6) is -5.50. The fourth-order valence-electron chi connectivity index (χ4n) is 3.60. The Kier molecular flexibility index (Phi) is 6.05. The summed E-state index contributed by atoms with van der Waals surface area (Å²) in [6, 6.07) is 7.45. The van der Waals surface area contributed by atoms with Crippen LogP contribution in [0.4, 0.5) is 8.78 Å². The standard InChI is InChI=1S/C22H20F2N2O5/c1-11(21(30)25-9-8-17(28)29)18-12(2)26(15-6-7-16(27)20(24)19(15)18)22(31)13-4-3-5-14(23)10-13/h3-7,10-11,27H,8-9H2,1-2H3,(H,25,30)(H,28,29)/t11-/m0/s1. The molecule has 3 N–H and O–H groups in total. The van der Waals surface area contributed by atoms with Gasteiger partial charge < -0.3 is 15.5 Å². The zero-order chi connectivity index (χ0) is 22.9. The number of carboxylic acid groups (broad SMARTS) is 1. The van der Waals surface area contributed by atoms with Crippen LogP contribution in [0.15, 0.2) is 36.4 Å². The van der Waals surface area contributed by atoms with Gasteiger partial charge in [0.25, 0.3) is 5.91 Å². The van der Waals surface area contributed by atoms with E-state index in [-0.39, 0.29) is 40.7 Å². The minimum atomic E-state index is -1.09. The van der Waals surface area contributed by atoms with Crippen molar-refractivity contribution in [2.75, 3.05) is 6.54 Å². The van der Waals surface area contributed by atoms with Gasteiger partial charge in [0.05, 0.1) is 17.9 Å². The molecule has 0 fully saturated rings. The first-order valence-corrected chi connectivity index (χ1v) is 9.45. The number of carbonyl (C=O) groups is 3. The van der Waals surface area contributed by atoms with Crippen molar-refractivity contribution in [2.24, 2.45) is 0 Å². The van der Waals surface area contributed by atoms with Gasteiger partial charge in [-0.15, -0.1) is 0 Å². The van der Waals surface area contributed by atoms with E-state index in [0.29, 0.717) is 0 Å². The van der Waals surface area contributed by atoms with E-state index in [1.165, 1.54) is 42.7 Å². The predicted molar refractivity (Wildman–Crippen MR) is 108 cm³/mol. The van der Waals surface area contributed by atoms with Gasteiger partial charge in [-0.25, -0.2) is 8.78 Å². The molecule has 1 amide bonds. The second-order valence-corrected chi connectivity index (χ2v) is 7.10. The summed E-state index contributed by atoms with van der Waals surface area (Å²) in [4.78, 5) is 36.4. The van der Waals surface area contributed by atoms with Crippen LogP contribution in [0.2, 0.25) is 0 Å². The normalized spacial score (nSPS) is 12.0. The lowest BCUT2D eigenvalue weighted by Gasteiger charge is -2.13. The molecule has 0 radical (unpaired) electrons. The number of hydrogen-bond donors (Lipinski definition) is 3. The average Bonchev–Trinajstić information content (AvgIpc) is 3.01. The van der Waals surface area contributed by atoms with Crippen LogP contribution in [0.3, 0.4) is 0 Å². The minimum absolute atomic E-state index is 0.0265. The number of carbonyl (C=O) groups excluding carboxylic acids is 2. The number of amides is 1. The van der Waals surface area contributed by atoms with Gasteiger partial charge in [-0.1, -0.05) is 6.07 Å². The maximum absolute atomic E-state index is 14.9. The highest BCUT2D eigenvalue weighted by Crippen LogP contribution is 2.37. The van der Waals surface area contributed by atoms with E-state index in [0.717, 1.165) is 12.1 Å². The predicted octanol–water partition coefficient (Wildman–Crippen LogP) is 3.32. The SMILES string of the molecule is Cc1c([C@H](C)C(=O)NCCC(=O)O)c2c(F)c(O)ccc2n1C(=O)c1cccc(F)c1. The monoisotopic (exact) mass is 430 g/mol. The number of benzene rings is 2. The molecule has 9 heteroatoms. The molecule has 0 saturated carbocycles. The zero-order valence-corrected chi connectivity index (χ0v) is 16.8. The quantitative estimate of drug-likeness (QED) is 0.556. The number of nitrogens with one attached hydrogen (secondary N) is 1. The highest BCUT2D eigenvalue weighted by Gasteiger charge is 2.29. The van der Waals surface area contributed by atoms with Crippen molar-refractivity contribution in [3.63, 3.8) is 0 Å². The number of nitrogens with zero attached hydrogens (tertiary/aromatic N) is 1. The largest absolute Gasteiger partial charge is 0.505 e. The molecule has 0 unspecified atom stereocenters. The highest BCUT2D eigenvalue weighted by atomic mass is 19.1. The molecule has 7 nitrogen and oxygen atoms in total. The maximum Gasteiger partial charge on any atom is 0.305 e. The molecule has 0 aliphatic rings. The summed E-state index contributed by atoms with van der Waals surface area (Å²) in [6.45, 7) is 2.88. The van der Waals surface area contributed by atoms with Crippen molar-refractivity contribution < 1.29 is 33.4 Å². The second-order valence-electron chi connectivity index (χ2n) is 7.10. The molecule has 1 atom stereocenters. The molecule has 0 aliphatic carbocycles. The Morgan fingerprint density at radius 2 is 1.87 bits per heavy atom. The number of aliphatic carboxylic acids is 1. The maximum atomic E-state index is 14.9. The Balaban J connectivity index is 2.15. The van der Waals surface area contributed by atoms with Gasteiger partial charge in [0.1, 0.15) is 5.82 Å². The van der Waals surface area contributed by atoms with E-state index in [1.54, 1.807) is 0 Å². The molecule has 1 heterocycles. The molecule has 0 aliphatic heterocycles. The van der Waals surface area contributed by atoms with E-state index >= 15 is 0 Å². The summed E-state index contributed by atoms with van der Waals surface area (Å²) in [5.41, 5.74) is 0.552. The van der Waals surface area contributed by atoms with Crippen LogP contribution in [0, 0.1) is 18.6 Å². The summed E-state index contributed by atoms with van der Waals surface area (Å²) >= 11 is 0. The lowest BCUT2D eigenvalue weighted by atomic mass is 9.96. The van der Waals surface area contributed by atoms with E-state index in [1.807, 2.05) is 0 Å². The Labute approximate surface area is 175 Å². The van der Waals surface area contributed by atoms with Gasteiger partial charge in [-0.2, -0.15) is 0 Å². The summed E-state index contributed by atoms with van der Waals surface area (Å²) in [7, 11) is 0. The summed E-state index contributed by atoms with van der Waals surface area (Å²) < 4.78 is 29.7. The molecule has 162 valence electrons. The average molecular weight is 430 g/mol. The number of aromatic hydroxyl groups is 1. The molecule has 0 saturated heterocycles. The number of phenolic OH excluding ortho intramolecular Hbond substituents is 1. The van der Waals surface area contributed by atoms with Crippen LogP contribution in [-0.4, -0.2) is 39.1 Å². The number of halogens is 2.